The van der Waals surface area contributed by atoms with Crippen LogP contribution in [0.3, 0.4) is 0 Å². The number of ether oxygens (including phenoxy) is 2. The van der Waals surface area contributed by atoms with Crippen LogP contribution in [-0.2, 0) is 16.0 Å². The Kier molecular flexibility index (Phi) is 4.70. The van der Waals surface area contributed by atoms with E-state index in [1.807, 2.05) is 19.2 Å². The molecule has 7 heteroatoms. The lowest BCUT2D eigenvalue weighted by molar-refractivity contribution is -0.139. The molecule has 3 rings (SSSR count). The number of amides is 1. The summed E-state index contributed by atoms with van der Waals surface area (Å²) in [7, 11) is 0. The van der Waals surface area contributed by atoms with Gasteiger partial charge in [-0.25, -0.2) is 4.98 Å². The number of thiazole rings is 1. The van der Waals surface area contributed by atoms with Crippen molar-refractivity contribution in [3.05, 3.63) is 46.7 Å². The number of carbonyl (C=O) groups is 1. The zero-order valence-corrected chi connectivity index (χ0v) is 14.0. The average molecular weight is 333 g/mol. The Balaban J connectivity index is 1.75. The van der Waals surface area contributed by atoms with Crippen molar-refractivity contribution < 1.29 is 14.3 Å². The van der Waals surface area contributed by atoms with Gasteiger partial charge in [0.25, 0.3) is 5.91 Å². The van der Waals surface area contributed by atoms with Gasteiger partial charge in [-0.3, -0.25) is 9.78 Å². The molecule has 1 aliphatic rings. The van der Waals surface area contributed by atoms with Crippen LogP contribution in [0, 0.1) is 0 Å². The molecule has 0 bridgehead atoms. The minimum atomic E-state index is -0.606. The van der Waals surface area contributed by atoms with E-state index in [0.29, 0.717) is 25.4 Å². The predicted octanol–water partition coefficient (Wildman–Crippen LogP) is 2.33. The van der Waals surface area contributed by atoms with E-state index in [1.165, 1.54) is 11.3 Å². The molecular weight excluding hydrogens is 314 g/mol. The van der Waals surface area contributed by atoms with Crippen molar-refractivity contribution in [1.29, 1.82) is 0 Å². The van der Waals surface area contributed by atoms with Gasteiger partial charge in [-0.05, 0) is 26.0 Å². The topological polar surface area (TPSA) is 64.5 Å². The molecule has 6 nitrogen and oxygen atoms in total. The molecule has 2 aromatic heterocycles. The molecule has 0 saturated carbocycles. The fourth-order valence-electron chi connectivity index (χ4n) is 2.46. The van der Waals surface area contributed by atoms with Gasteiger partial charge in [-0.2, -0.15) is 0 Å². The monoisotopic (exact) mass is 333 g/mol. The maximum atomic E-state index is 12.8. The van der Waals surface area contributed by atoms with Crippen molar-refractivity contribution in [2.24, 2.45) is 0 Å². The van der Waals surface area contributed by atoms with Gasteiger partial charge in [0.1, 0.15) is 16.8 Å². The summed E-state index contributed by atoms with van der Waals surface area (Å²) in [6, 6.07) is 5.31. The quantitative estimate of drug-likeness (QED) is 0.840. The van der Waals surface area contributed by atoms with Gasteiger partial charge >= 0.3 is 0 Å². The largest absolute Gasteiger partial charge is 0.348 e. The van der Waals surface area contributed by atoms with Gasteiger partial charge in [0.2, 0.25) is 0 Å². The third kappa shape index (κ3) is 4.13. The van der Waals surface area contributed by atoms with Crippen molar-refractivity contribution in [2.75, 3.05) is 13.2 Å². The standard InChI is InChI=1S/C16H19N3O3S/c1-16(2)21-11-12(22-16)9-19(10-14-18-7-8-23-14)15(20)13-5-3-4-6-17-13/h3-8,12H,9-11H2,1-2H3/t12-/m0/s1. The Morgan fingerprint density at radius 3 is 2.87 bits per heavy atom. The normalized spacial score (nSPS) is 19.7. The Labute approximate surface area is 139 Å². The molecular formula is C16H19N3O3S. The highest BCUT2D eigenvalue weighted by molar-refractivity contribution is 7.09. The number of hydrogen-bond donors (Lipinski definition) is 0. The van der Waals surface area contributed by atoms with Crippen LogP contribution in [0.2, 0.25) is 0 Å². The van der Waals surface area contributed by atoms with Gasteiger partial charge in [-0.15, -0.1) is 11.3 Å². The van der Waals surface area contributed by atoms with Gasteiger partial charge < -0.3 is 14.4 Å². The van der Waals surface area contributed by atoms with Crippen molar-refractivity contribution in [2.45, 2.75) is 32.3 Å². The first-order chi connectivity index (χ1) is 11.0. The molecule has 0 radical (unpaired) electrons. The first-order valence-electron chi connectivity index (χ1n) is 7.44. The molecule has 1 aliphatic heterocycles. The van der Waals surface area contributed by atoms with Crippen LogP contribution in [0.15, 0.2) is 36.0 Å². The number of aromatic nitrogens is 2. The summed E-state index contributed by atoms with van der Waals surface area (Å²) in [6.45, 7) is 5.10. The minimum absolute atomic E-state index is 0.130. The van der Waals surface area contributed by atoms with Crippen LogP contribution in [0.4, 0.5) is 0 Å². The summed E-state index contributed by atoms with van der Waals surface area (Å²) in [6.07, 6.45) is 3.20. The van der Waals surface area contributed by atoms with Crippen LogP contribution in [0.5, 0.6) is 0 Å². The predicted molar refractivity (Wildman–Crippen MR) is 86.0 cm³/mol. The Morgan fingerprint density at radius 1 is 1.39 bits per heavy atom. The number of nitrogens with zero attached hydrogens (tertiary/aromatic N) is 3. The molecule has 0 unspecified atom stereocenters. The molecule has 1 amide bonds. The van der Waals surface area contributed by atoms with Crippen molar-refractivity contribution in [1.82, 2.24) is 14.9 Å². The maximum Gasteiger partial charge on any atom is 0.272 e. The summed E-state index contributed by atoms with van der Waals surface area (Å²) >= 11 is 1.52. The molecule has 122 valence electrons. The Morgan fingerprint density at radius 2 is 2.26 bits per heavy atom. The van der Waals surface area contributed by atoms with E-state index in [0.717, 1.165) is 5.01 Å². The van der Waals surface area contributed by atoms with E-state index in [2.05, 4.69) is 9.97 Å². The van der Waals surface area contributed by atoms with E-state index in [4.69, 9.17) is 9.47 Å². The lowest BCUT2D eigenvalue weighted by Crippen LogP contribution is -2.39. The highest BCUT2D eigenvalue weighted by Gasteiger charge is 2.35. The summed E-state index contributed by atoms with van der Waals surface area (Å²) in [4.78, 5) is 22.9. The third-order valence-corrected chi connectivity index (χ3v) is 4.24. The van der Waals surface area contributed by atoms with Crippen LogP contribution in [-0.4, -0.2) is 45.8 Å². The third-order valence-electron chi connectivity index (χ3n) is 3.47. The van der Waals surface area contributed by atoms with Crippen molar-refractivity contribution >= 4 is 17.2 Å². The van der Waals surface area contributed by atoms with Gasteiger partial charge in [0.15, 0.2) is 5.79 Å². The second-order valence-corrected chi connectivity index (χ2v) is 6.76. The van der Waals surface area contributed by atoms with E-state index in [9.17, 15) is 4.79 Å². The first kappa shape index (κ1) is 16.0. The zero-order valence-electron chi connectivity index (χ0n) is 13.1. The van der Waals surface area contributed by atoms with Gasteiger partial charge in [-0.1, -0.05) is 6.07 Å². The highest BCUT2D eigenvalue weighted by Crippen LogP contribution is 2.24. The molecule has 0 N–H and O–H groups in total. The van der Waals surface area contributed by atoms with E-state index < -0.39 is 5.79 Å². The molecule has 1 fully saturated rings. The SMILES string of the molecule is CC1(C)OC[C@H](CN(Cc2nccs2)C(=O)c2ccccn2)O1. The van der Waals surface area contributed by atoms with Crippen LogP contribution in [0.1, 0.15) is 29.3 Å². The molecule has 0 aliphatic carbocycles. The molecule has 3 heterocycles. The first-order valence-corrected chi connectivity index (χ1v) is 8.32. The van der Waals surface area contributed by atoms with Crippen LogP contribution in [0.25, 0.3) is 0 Å². The molecule has 2 aromatic rings. The lowest BCUT2D eigenvalue weighted by atomic mass is 10.2. The fraction of sp³-hybridized carbons (Fsp3) is 0.438. The number of hydrogen-bond acceptors (Lipinski definition) is 6. The summed E-state index contributed by atoms with van der Waals surface area (Å²) < 4.78 is 11.4. The fourth-order valence-corrected chi connectivity index (χ4v) is 3.09. The average Bonchev–Trinajstić information content (AvgIpc) is 3.16. The molecule has 1 saturated heterocycles. The van der Waals surface area contributed by atoms with E-state index in [-0.39, 0.29) is 12.0 Å². The Bertz CT molecular complexity index is 646. The molecule has 0 spiro atoms. The lowest BCUT2D eigenvalue weighted by Gasteiger charge is -2.25. The van der Waals surface area contributed by atoms with Gasteiger partial charge in [0, 0.05) is 17.8 Å². The van der Waals surface area contributed by atoms with E-state index in [1.54, 1.807) is 35.5 Å². The van der Waals surface area contributed by atoms with Gasteiger partial charge in [0.05, 0.1) is 19.7 Å². The Hall–Kier alpha value is -1.83. The molecule has 0 aromatic carbocycles. The number of carbonyl (C=O) groups excluding carboxylic acids is 1. The summed E-state index contributed by atoms with van der Waals surface area (Å²) in [5, 5.41) is 2.78. The summed E-state index contributed by atoms with van der Waals surface area (Å²) in [5.74, 6) is -0.736. The zero-order chi connectivity index (χ0) is 16.3. The molecule has 1 atom stereocenters. The summed E-state index contributed by atoms with van der Waals surface area (Å²) in [5.41, 5.74) is 0.419. The number of pyridine rings is 1. The van der Waals surface area contributed by atoms with E-state index >= 15 is 0 Å². The van der Waals surface area contributed by atoms with Crippen molar-refractivity contribution in [3.8, 4) is 0 Å². The minimum Gasteiger partial charge on any atom is -0.348 e. The second-order valence-electron chi connectivity index (χ2n) is 5.78. The van der Waals surface area contributed by atoms with Crippen LogP contribution >= 0.6 is 11.3 Å². The van der Waals surface area contributed by atoms with Crippen LogP contribution < -0.4 is 0 Å². The highest BCUT2D eigenvalue weighted by atomic mass is 32.1. The molecule has 23 heavy (non-hydrogen) atoms. The second kappa shape index (κ2) is 6.74. The number of rotatable bonds is 5. The smallest absolute Gasteiger partial charge is 0.272 e. The van der Waals surface area contributed by atoms with Crippen molar-refractivity contribution in [3.63, 3.8) is 0 Å². The maximum absolute atomic E-state index is 12.8.